The van der Waals surface area contributed by atoms with Crippen LogP contribution in [0.1, 0.15) is 13.2 Å². The first kappa shape index (κ1) is 19.0. The molecule has 0 aliphatic carbocycles. The molecule has 0 saturated heterocycles. The van der Waals surface area contributed by atoms with Crippen molar-refractivity contribution in [1.82, 2.24) is 19.5 Å². The smallest absolute Gasteiger partial charge is 0.327 e. The van der Waals surface area contributed by atoms with Crippen LogP contribution in [-0.2, 0) is 13.8 Å². The Kier molecular flexibility index (Phi) is 6.22. The summed E-state index contributed by atoms with van der Waals surface area (Å²) >= 11 is 0. The summed E-state index contributed by atoms with van der Waals surface area (Å²) in [5, 5.41) is 9.84. The third-order valence-corrected chi connectivity index (χ3v) is 3.68. The molecule has 10 nitrogen and oxygen atoms in total. The molecule has 2 heterocycles. The average Bonchev–Trinajstić information content (AvgIpc) is 3.00. The zero-order chi connectivity index (χ0) is 18.6. The predicted octanol–water partition coefficient (Wildman–Crippen LogP) is 0.596. The van der Waals surface area contributed by atoms with Crippen LogP contribution in [0.25, 0.3) is 11.2 Å². The largest absolute Gasteiger partial charge is 0.378 e. The topological polar surface area (TPSA) is 129 Å². The molecular formula is C14H19N6O4P. The van der Waals surface area contributed by atoms with Crippen molar-refractivity contribution in [2.24, 2.45) is 0 Å². The van der Waals surface area contributed by atoms with E-state index in [2.05, 4.69) is 20.9 Å². The van der Waals surface area contributed by atoms with Gasteiger partial charge in [-0.2, -0.15) is 9.97 Å². The van der Waals surface area contributed by atoms with E-state index in [1.165, 1.54) is 6.33 Å². The number of aliphatic hydroxyl groups excluding tert-OH is 1. The molecule has 3 atom stereocenters. The Morgan fingerprint density at radius 1 is 1.52 bits per heavy atom. The van der Waals surface area contributed by atoms with Crippen molar-refractivity contribution in [2.75, 3.05) is 31.3 Å². The molecule has 0 amide bonds. The maximum absolute atomic E-state index is 10.5. The average molecular weight is 366 g/mol. The Bertz CT molecular complexity index is 789. The number of aliphatic hydroxyl groups is 1. The van der Waals surface area contributed by atoms with Crippen molar-refractivity contribution < 1.29 is 18.9 Å². The third-order valence-electron chi connectivity index (χ3n) is 3.42. The molecule has 134 valence electrons. The number of hydrogen-bond acceptors (Lipinski definition) is 9. The Hall–Kier alpha value is -2.31. The number of hydrogen-bond donors (Lipinski definition) is 2. The zero-order valence-corrected chi connectivity index (χ0v) is 14.9. The van der Waals surface area contributed by atoms with Crippen molar-refractivity contribution in [2.45, 2.75) is 25.4 Å². The highest BCUT2D eigenvalue weighted by molar-refractivity contribution is 7.17. The number of nitrogens with zero attached hydrogens (tertiary/aromatic N) is 5. The van der Waals surface area contributed by atoms with E-state index in [-0.39, 0.29) is 12.6 Å². The molecule has 0 bridgehead atoms. The van der Waals surface area contributed by atoms with Gasteiger partial charge in [-0.25, -0.2) is 9.55 Å². The number of fused-ring (bicyclic) bond motifs is 1. The van der Waals surface area contributed by atoms with E-state index < -0.39 is 27.1 Å². The van der Waals surface area contributed by atoms with Crippen molar-refractivity contribution in [3.05, 3.63) is 6.33 Å². The van der Waals surface area contributed by atoms with Gasteiger partial charge in [-0.3, -0.25) is 9.09 Å². The normalized spacial score (nSPS) is 15.0. The van der Waals surface area contributed by atoms with Crippen LogP contribution in [0.3, 0.4) is 0 Å². The van der Waals surface area contributed by atoms with Gasteiger partial charge in [0.1, 0.15) is 18.4 Å². The fraction of sp³-hybridized carbons (Fsp3) is 0.500. The van der Waals surface area contributed by atoms with Gasteiger partial charge >= 0.3 is 8.69 Å². The summed E-state index contributed by atoms with van der Waals surface area (Å²) < 4.78 is 22.6. The quantitative estimate of drug-likeness (QED) is 0.509. The highest BCUT2D eigenvalue weighted by atomic mass is 31.1. The SMILES string of the molecule is C#C[C@H](O)[C@@H](COP=O)O[C@H](C)n1cnc2c(N(C)C)nc(N)nc21. The van der Waals surface area contributed by atoms with Crippen LogP contribution in [0.15, 0.2) is 6.33 Å². The second-order valence-corrected chi connectivity index (χ2v) is 5.79. The number of rotatable bonds is 8. The fourth-order valence-electron chi connectivity index (χ4n) is 2.23. The summed E-state index contributed by atoms with van der Waals surface area (Å²) in [5.41, 5.74) is 6.80. The van der Waals surface area contributed by atoms with Crippen LogP contribution < -0.4 is 10.6 Å². The van der Waals surface area contributed by atoms with Crippen LogP contribution in [-0.4, -0.2) is 57.5 Å². The van der Waals surface area contributed by atoms with E-state index >= 15 is 0 Å². The Morgan fingerprint density at radius 2 is 2.24 bits per heavy atom. The van der Waals surface area contributed by atoms with Crippen molar-refractivity contribution in [3.8, 4) is 12.3 Å². The van der Waals surface area contributed by atoms with Gasteiger partial charge in [-0.15, -0.1) is 6.42 Å². The monoisotopic (exact) mass is 366 g/mol. The number of anilines is 2. The highest BCUT2D eigenvalue weighted by Crippen LogP contribution is 2.25. The zero-order valence-electron chi connectivity index (χ0n) is 14.0. The molecule has 2 rings (SSSR count). The van der Waals surface area contributed by atoms with Gasteiger partial charge in [-0.05, 0) is 6.92 Å². The number of nitrogen functional groups attached to an aromatic ring is 1. The minimum atomic E-state index is -1.23. The van der Waals surface area contributed by atoms with E-state index in [9.17, 15) is 9.67 Å². The van der Waals surface area contributed by atoms with Crippen LogP contribution in [0.2, 0.25) is 0 Å². The molecule has 0 aliphatic rings. The van der Waals surface area contributed by atoms with E-state index in [1.807, 2.05) is 14.1 Å². The standard InChI is InChI=1S/C14H19N6O4P/c1-5-9(21)10(6-23-25-22)24-8(2)20-7-16-11-12(19(3)4)17-14(15)18-13(11)20/h1,7-10,21H,6H2,2-4H3,(H2,15,17,18)/t8-,9+,10-/m1/s1. The van der Waals surface area contributed by atoms with Crippen LogP contribution in [0.4, 0.5) is 11.8 Å². The van der Waals surface area contributed by atoms with E-state index in [1.54, 1.807) is 16.4 Å². The first-order valence-electron chi connectivity index (χ1n) is 7.30. The van der Waals surface area contributed by atoms with Gasteiger partial charge < -0.3 is 20.5 Å². The van der Waals surface area contributed by atoms with Crippen LogP contribution in [0.5, 0.6) is 0 Å². The molecule has 0 spiro atoms. The Balaban J connectivity index is 2.34. The molecule has 0 radical (unpaired) electrons. The molecule has 11 heteroatoms. The molecule has 0 fully saturated rings. The summed E-state index contributed by atoms with van der Waals surface area (Å²) in [5.74, 6) is 2.83. The van der Waals surface area contributed by atoms with Gasteiger partial charge in [0.2, 0.25) is 5.95 Å². The second-order valence-electron chi connectivity index (χ2n) is 5.38. The second kappa shape index (κ2) is 8.18. The lowest BCUT2D eigenvalue weighted by molar-refractivity contribution is -0.0954. The van der Waals surface area contributed by atoms with Crippen LogP contribution in [0, 0.1) is 12.3 Å². The number of imidazole rings is 1. The summed E-state index contributed by atoms with van der Waals surface area (Å²) in [4.78, 5) is 14.5. The van der Waals surface area contributed by atoms with Crippen LogP contribution >= 0.6 is 8.69 Å². The third kappa shape index (κ3) is 4.21. The molecule has 0 unspecified atom stereocenters. The summed E-state index contributed by atoms with van der Waals surface area (Å²) in [6.07, 6.45) is 4.04. The van der Waals surface area contributed by atoms with Gasteiger partial charge in [0, 0.05) is 14.1 Å². The molecule has 2 aromatic heterocycles. The summed E-state index contributed by atoms with van der Waals surface area (Å²) in [6, 6.07) is 0. The number of aromatic nitrogens is 4. The minimum Gasteiger partial charge on any atom is -0.378 e. The predicted molar refractivity (Wildman–Crippen MR) is 92.0 cm³/mol. The Labute approximate surface area is 146 Å². The number of ether oxygens (including phenoxy) is 1. The van der Waals surface area contributed by atoms with Crippen molar-refractivity contribution >= 4 is 31.6 Å². The molecule has 0 aromatic carbocycles. The molecule has 2 aromatic rings. The number of nitrogens with two attached hydrogens (primary N) is 1. The lowest BCUT2D eigenvalue weighted by atomic mass is 10.2. The van der Waals surface area contributed by atoms with Crippen molar-refractivity contribution in [1.29, 1.82) is 0 Å². The molecule has 0 saturated carbocycles. The van der Waals surface area contributed by atoms with E-state index in [0.717, 1.165) is 0 Å². The fourth-order valence-corrected chi connectivity index (χ4v) is 2.44. The summed E-state index contributed by atoms with van der Waals surface area (Å²) in [7, 11) is 3.11. The first-order chi connectivity index (χ1) is 11.9. The first-order valence-corrected chi connectivity index (χ1v) is 8.03. The van der Waals surface area contributed by atoms with E-state index in [4.69, 9.17) is 21.4 Å². The molecule has 3 N–H and O–H groups in total. The van der Waals surface area contributed by atoms with Gasteiger partial charge in [0.05, 0.1) is 12.9 Å². The van der Waals surface area contributed by atoms with E-state index in [0.29, 0.717) is 17.0 Å². The molecule has 25 heavy (non-hydrogen) atoms. The Morgan fingerprint density at radius 3 is 2.84 bits per heavy atom. The number of terminal acetylenes is 1. The van der Waals surface area contributed by atoms with Crippen molar-refractivity contribution in [3.63, 3.8) is 0 Å². The van der Waals surface area contributed by atoms with Gasteiger partial charge in [0.25, 0.3) is 0 Å². The van der Waals surface area contributed by atoms with Gasteiger partial charge in [0.15, 0.2) is 17.0 Å². The maximum Gasteiger partial charge on any atom is 0.327 e. The minimum absolute atomic E-state index is 0.0962. The maximum atomic E-state index is 10.5. The lowest BCUT2D eigenvalue weighted by Gasteiger charge is -2.24. The molecule has 0 aliphatic heterocycles. The van der Waals surface area contributed by atoms with Gasteiger partial charge in [-0.1, -0.05) is 5.92 Å². The molecular weight excluding hydrogens is 347 g/mol. The lowest BCUT2D eigenvalue weighted by Crippen LogP contribution is -2.33. The summed E-state index contributed by atoms with van der Waals surface area (Å²) in [6.45, 7) is 1.58. The highest BCUT2D eigenvalue weighted by Gasteiger charge is 2.24.